The fourth-order valence-electron chi connectivity index (χ4n) is 2.46. The molecule has 1 aromatic heterocycles. The van der Waals surface area contributed by atoms with Crippen molar-refractivity contribution in [3.05, 3.63) is 46.6 Å². The molecule has 0 bridgehead atoms. The molecule has 0 atom stereocenters. The predicted octanol–water partition coefficient (Wildman–Crippen LogP) is 2.62. The van der Waals surface area contributed by atoms with Gasteiger partial charge in [0.2, 0.25) is 5.89 Å². The maximum Gasteiger partial charge on any atom is 0.231 e. The standard InChI is InChI=1S/C15H19N3O/c1-10-4-5-11(2)12(8-10)9-13-17-14(18-19-13)15(16)6-3-7-15/h4-5,8H,3,6-7,9,16H2,1-2H3. The molecule has 3 rings (SSSR count). The first-order valence-electron chi connectivity index (χ1n) is 6.75. The van der Waals surface area contributed by atoms with Crippen LogP contribution in [0.5, 0.6) is 0 Å². The molecular weight excluding hydrogens is 238 g/mol. The lowest BCUT2D eigenvalue weighted by Gasteiger charge is -2.34. The summed E-state index contributed by atoms with van der Waals surface area (Å²) in [6, 6.07) is 6.40. The first-order valence-corrected chi connectivity index (χ1v) is 6.75. The van der Waals surface area contributed by atoms with Gasteiger partial charge in [0.15, 0.2) is 5.82 Å². The van der Waals surface area contributed by atoms with Gasteiger partial charge in [0.05, 0.1) is 12.0 Å². The highest BCUT2D eigenvalue weighted by Crippen LogP contribution is 2.36. The summed E-state index contributed by atoms with van der Waals surface area (Å²) in [5, 5.41) is 4.05. The van der Waals surface area contributed by atoms with E-state index in [0.717, 1.165) is 19.3 Å². The van der Waals surface area contributed by atoms with Gasteiger partial charge in [0, 0.05) is 0 Å². The van der Waals surface area contributed by atoms with Crippen LogP contribution in [0.1, 0.15) is 47.7 Å². The largest absolute Gasteiger partial charge is 0.339 e. The summed E-state index contributed by atoms with van der Waals surface area (Å²) < 4.78 is 5.34. The summed E-state index contributed by atoms with van der Waals surface area (Å²) in [7, 11) is 0. The maximum atomic E-state index is 6.20. The van der Waals surface area contributed by atoms with Crippen LogP contribution in [0.3, 0.4) is 0 Å². The van der Waals surface area contributed by atoms with E-state index in [2.05, 4.69) is 42.2 Å². The minimum Gasteiger partial charge on any atom is -0.339 e. The number of rotatable bonds is 3. The highest BCUT2D eigenvalue weighted by atomic mass is 16.5. The lowest BCUT2D eigenvalue weighted by molar-refractivity contribution is 0.229. The molecule has 1 aromatic carbocycles. The Kier molecular flexibility index (Phi) is 2.90. The second kappa shape index (κ2) is 4.46. The smallest absolute Gasteiger partial charge is 0.231 e. The average molecular weight is 257 g/mol. The zero-order chi connectivity index (χ0) is 13.5. The van der Waals surface area contributed by atoms with E-state index in [1.807, 2.05) is 0 Å². The number of benzene rings is 1. The Balaban J connectivity index is 1.82. The summed E-state index contributed by atoms with van der Waals surface area (Å²) in [4.78, 5) is 4.47. The highest BCUT2D eigenvalue weighted by Gasteiger charge is 2.38. The summed E-state index contributed by atoms with van der Waals surface area (Å²) in [6.07, 6.45) is 3.73. The number of hydrogen-bond donors (Lipinski definition) is 1. The fourth-order valence-corrected chi connectivity index (χ4v) is 2.46. The SMILES string of the molecule is Cc1ccc(C)c(Cc2nc(C3(N)CCC3)no2)c1. The number of hydrogen-bond acceptors (Lipinski definition) is 4. The molecule has 19 heavy (non-hydrogen) atoms. The molecule has 2 N–H and O–H groups in total. The van der Waals surface area contributed by atoms with Crippen LogP contribution >= 0.6 is 0 Å². The van der Waals surface area contributed by atoms with E-state index in [4.69, 9.17) is 10.3 Å². The van der Waals surface area contributed by atoms with E-state index >= 15 is 0 Å². The Labute approximate surface area is 113 Å². The molecule has 1 saturated carbocycles. The normalized spacial score (nSPS) is 17.2. The first-order chi connectivity index (χ1) is 9.07. The molecular formula is C15H19N3O. The van der Waals surface area contributed by atoms with Gasteiger partial charge < -0.3 is 10.3 Å². The molecule has 0 unspecified atom stereocenters. The van der Waals surface area contributed by atoms with E-state index < -0.39 is 0 Å². The van der Waals surface area contributed by atoms with Crippen molar-refractivity contribution >= 4 is 0 Å². The van der Waals surface area contributed by atoms with Crippen LogP contribution in [0.25, 0.3) is 0 Å². The van der Waals surface area contributed by atoms with Crippen LogP contribution in [0.2, 0.25) is 0 Å². The van der Waals surface area contributed by atoms with E-state index in [1.54, 1.807) is 0 Å². The quantitative estimate of drug-likeness (QED) is 0.918. The number of nitrogens with zero attached hydrogens (tertiary/aromatic N) is 2. The molecule has 0 saturated heterocycles. The van der Waals surface area contributed by atoms with Crippen LogP contribution in [-0.2, 0) is 12.0 Å². The van der Waals surface area contributed by atoms with Gasteiger partial charge in [-0.25, -0.2) is 0 Å². The van der Waals surface area contributed by atoms with Gasteiger partial charge in [0.25, 0.3) is 0 Å². The van der Waals surface area contributed by atoms with Crippen LogP contribution in [0.4, 0.5) is 0 Å². The molecule has 1 fully saturated rings. The molecule has 100 valence electrons. The molecule has 0 spiro atoms. The Morgan fingerprint density at radius 2 is 2.11 bits per heavy atom. The zero-order valence-electron chi connectivity index (χ0n) is 11.4. The van der Waals surface area contributed by atoms with Crippen molar-refractivity contribution in [2.24, 2.45) is 5.73 Å². The van der Waals surface area contributed by atoms with Gasteiger partial charge in [-0.05, 0) is 44.2 Å². The van der Waals surface area contributed by atoms with Crippen molar-refractivity contribution in [1.82, 2.24) is 10.1 Å². The van der Waals surface area contributed by atoms with Crippen LogP contribution in [0, 0.1) is 13.8 Å². The number of nitrogens with two attached hydrogens (primary N) is 1. The third kappa shape index (κ3) is 2.28. The molecule has 0 aliphatic heterocycles. The van der Waals surface area contributed by atoms with E-state index in [0.29, 0.717) is 18.1 Å². The van der Waals surface area contributed by atoms with Crippen LogP contribution in [0.15, 0.2) is 22.7 Å². The van der Waals surface area contributed by atoms with E-state index in [9.17, 15) is 0 Å². The average Bonchev–Trinajstić information content (AvgIpc) is 2.80. The summed E-state index contributed by atoms with van der Waals surface area (Å²) in [6.45, 7) is 4.19. The van der Waals surface area contributed by atoms with Crippen LogP contribution in [-0.4, -0.2) is 10.1 Å². The minimum atomic E-state index is -0.344. The second-order valence-corrected chi connectivity index (χ2v) is 5.63. The monoisotopic (exact) mass is 257 g/mol. The van der Waals surface area contributed by atoms with Crippen molar-refractivity contribution in [1.29, 1.82) is 0 Å². The van der Waals surface area contributed by atoms with Gasteiger partial charge in [-0.3, -0.25) is 0 Å². The van der Waals surface area contributed by atoms with Gasteiger partial charge in [-0.1, -0.05) is 28.9 Å². The number of aryl methyl sites for hydroxylation is 2. The molecule has 0 amide bonds. The van der Waals surface area contributed by atoms with E-state index in [-0.39, 0.29) is 5.54 Å². The van der Waals surface area contributed by atoms with Crippen LogP contribution < -0.4 is 5.73 Å². The van der Waals surface area contributed by atoms with Crippen molar-refractivity contribution in [2.45, 2.75) is 45.1 Å². The third-order valence-electron chi connectivity index (χ3n) is 4.01. The van der Waals surface area contributed by atoms with Gasteiger partial charge >= 0.3 is 0 Å². The lowest BCUT2D eigenvalue weighted by Crippen LogP contribution is -2.44. The predicted molar refractivity (Wildman–Crippen MR) is 72.7 cm³/mol. The zero-order valence-corrected chi connectivity index (χ0v) is 11.4. The molecule has 1 aliphatic rings. The second-order valence-electron chi connectivity index (χ2n) is 5.63. The number of aromatic nitrogens is 2. The fraction of sp³-hybridized carbons (Fsp3) is 0.467. The summed E-state index contributed by atoms with van der Waals surface area (Å²) in [5.74, 6) is 1.32. The molecule has 1 heterocycles. The highest BCUT2D eigenvalue weighted by molar-refractivity contribution is 5.32. The van der Waals surface area contributed by atoms with Gasteiger partial charge in [-0.15, -0.1) is 0 Å². The Morgan fingerprint density at radius 1 is 1.32 bits per heavy atom. The third-order valence-corrected chi connectivity index (χ3v) is 4.01. The topological polar surface area (TPSA) is 64.9 Å². The van der Waals surface area contributed by atoms with Crippen molar-refractivity contribution in [3.63, 3.8) is 0 Å². The lowest BCUT2D eigenvalue weighted by atomic mass is 9.77. The molecule has 2 aromatic rings. The van der Waals surface area contributed by atoms with Gasteiger partial charge in [0.1, 0.15) is 0 Å². The first kappa shape index (κ1) is 12.4. The molecule has 0 radical (unpaired) electrons. The van der Waals surface area contributed by atoms with Crippen molar-refractivity contribution < 1.29 is 4.52 Å². The maximum absolute atomic E-state index is 6.20. The Hall–Kier alpha value is -1.68. The molecule has 1 aliphatic carbocycles. The summed E-state index contributed by atoms with van der Waals surface area (Å²) >= 11 is 0. The van der Waals surface area contributed by atoms with Crippen molar-refractivity contribution in [3.8, 4) is 0 Å². The minimum absolute atomic E-state index is 0.344. The van der Waals surface area contributed by atoms with Gasteiger partial charge in [-0.2, -0.15) is 4.98 Å². The summed E-state index contributed by atoms with van der Waals surface area (Å²) in [5.41, 5.74) is 9.58. The Morgan fingerprint density at radius 3 is 2.79 bits per heavy atom. The molecule has 4 nitrogen and oxygen atoms in total. The van der Waals surface area contributed by atoms with Crippen molar-refractivity contribution in [2.75, 3.05) is 0 Å². The molecule has 4 heteroatoms. The Bertz CT molecular complexity index is 599. The van der Waals surface area contributed by atoms with E-state index in [1.165, 1.54) is 16.7 Å².